The molecular weight excluding hydrogens is 693 g/mol. The van der Waals surface area contributed by atoms with E-state index in [-0.39, 0.29) is 48.2 Å². The molecule has 3 rings (SSSR count). The molecule has 0 bridgehead atoms. The number of nitrogens with two attached hydrogens (primary N) is 1. The van der Waals surface area contributed by atoms with Gasteiger partial charge in [-0.1, -0.05) is 57.5 Å². The third kappa shape index (κ3) is 11.7. The number of hydrogen-bond acceptors (Lipinski definition) is 10. The zero-order valence-electron chi connectivity index (χ0n) is 33.5. The summed E-state index contributed by atoms with van der Waals surface area (Å²) in [6.07, 6.45) is 3.56. The van der Waals surface area contributed by atoms with Gasteiger partial charge in [0.25, 0.3) is 0 Å². The molecule has 1 aliphatic rings. The maximum Gasteiger partial charge on any atom is 0.229 e. The van der Waals surface area contributed by atoms with Crippen LogP contribution in [0.4, 0.5) is 0 Å². The fraction of sp³-hybridized carbons (Fsp3) is 0.683. The van der Waals surface area contributed by atoms with Crippen LogP contribution in [0.3, 0.4) is 0 Å². The number of amides is 2. The van der Waals surface area contributed by atoms with Crippen molar-refractivity contribution in [1.82, 2.24) is 14.8 Å². The third-order valence-electron chi connectivity index (χ3n) is 11.2. The summed E-state index contributed by atoms with van der Waals surface area (Å²) in [6.45, 7) is 12.6. The maximum absolute atomic E-state index is 14.2. The van der Waals surface area contributed by atoms with E-state index in [0.29, 0.717) is 32.2 Å². The van der Waals surface area contributed by atoms with Gasteiger partial charge in [0.2, 0.25) is 11.8 Å². The van der Waals surface area contributed by atoms with E-state index >= 15 is 0 Å². The Bertz CT molecular complexity index is 1470. The van der Waals surface area contributed by atoms with Gasteiger partial charge >= 0.3 is 0 Å². The van der Waals surface area contributed by atoms with Crippen LogP contribution < -0.4 is 5.73 Å². The Morgan fingerprint density at radius 3 is 2.25 bits per heavy atom. The summed E-state index contributed by atoms with van der Waals surface area (Å²) in [5, 5.41) is 13.9. The lowest BCUT2D eigenvalue weighted by Gasteiger charge is -2.42. The van der Waals surface area contributed by atoms with Gasteiger partial charge in [0.15, 0.2) is 5.78 Å². The molecule has 8 atom stereocenters. The van der Waals surface area contributed by atoms with Crippen molar-refractivity contribution >= 4 is 34.7 Å². The third-order valence-corrected chi connectivity index (χ3v) is 12.1. The number of carbonyl (C=O) groups excluding carboxylic acids is 4. The summed E-state index contributed by atoms with van der Waals surface area (Å²) >= 11 is 1.55. The average molecular weight is 757 g/mol. The molecular formula is C41H64N4O7S. The molecule has 0 unspecified atom stereocenters. The van der Waals surface area contributed by atoms with Crippen molar-refractivity contribution in [3.63, 3.8) is 0 Å². The molecule has 2 amide bonds. The van der Waals surface area contributed by atoms with Crippen LogP contribution in [0.25, 0.3) is 0 Å². The Hall–Kier alpha value is -3.03. The standard InChI is InChI=1S/C41H64N4O7S/c1-11-26(2)36(44(8)39(49)30(41(6,7)50)24-34(47)40(4,5)42)33(51-9)25-35(48)45-20-15-18-31(45)37(52-10)27(3)32(46)23-29(38-43-19-21-53-38)22-28-16-13-12-14-17-28/h12-14,16-17,19,21,26-27,29-31,33,36-37,50H,11,15,18,20,22-25,42H2,1-10H3/t26-,27-,29+,30+,31-,33+,36-,37+/m0/s1. The minimum Gasteiger partial charge on any atom is -0.390 e. The van der Waals surface area contributed by atoms with E-state index in [9.17, 15) is 24.3 Å². The number of likely N-dealkylation sites (N-methyl/N-ethyl adjacent to an activating group) is 1. The SMILES string of the molecule is CC[C@H](C)[C@@H]([C@@H](CC(=O)N1CCC[C@H]1[C@H](OC)[C@@H](C)C(=O)C[C@@H](Cc1ccccc1)c1nccs1)OC)N(C)C(=O)[C@@H](CC(=O)C(C)(C)N)C(C)(C)O. The molecule has 296 valence electrons. The molecule has 3 N–H and O–H groups in total. The van der Waals surface area contributed by atoms with Gasteiger partial charge in [-0.2, -0.15) is 0 Å². The topological polar surface area (TPSA) is 152 Å². The van der Waals surface area contributed by atoms with Gasteiger partial charge < -0.3 is 30.1 Å². The second kappa shape index (κ2) is 19.5. The quantitative estimate of drug-likeness (QED) is 0.170. The normalized spacial score (nSPS) is 19.2. The average Bonchev–Trinajstić information content (AvgIpc) is 3.83. The number of thiazole rings is 1. The van der Waals surface area contributed by atoms with Gasteiger partial charge in [-0.25, -0.2) is 4.98 Å². The van der Waals surface area contributed by atoms with Crippen molar-refractivity contribution in [1.29, 1.82) is 0 Å². The Morgan fingerprint density at radius 2 is 1.72 bits per heavy atom. The van der Waals surface area contributed by atoms with E-state index in [1.165, 1.54) is 21.0 Å². The maximum atomic E-state index is 14.2. The number of aliphatic hydroxyl groups is 1. The number of ether oxygens (including phenoxy) is 2. The lowest BCUT2D eigenvalue weighted by atomic mass is 9.81. The van der Waals surface area contributed by atoms with Gasteiger partial charge in [-0.15, -0.1) is 11.3 Å². The lowest BCUT2D eigenvalue weighted by molar-refractivity contribution is -0.154. The van der Waals surface area contributed by atoms with Gasteiger partial charge in [0.05, 0.1) is 52.8 Å². The van der Waals surface area contributed by atoms with Crippen LogP contribution in [0, 0.1) is 17.8 Å². The van der Waals surface area contributed by atoms with E-state index in [1.54, 1.807) is 50.4 Å². The number of carbonyl (C=O) groups is 4. The number of aromatic nitrogens is 1. The fourth-order valence-corrected chi connectivity index (χ4v) is 8.43. The van der Waals surface area contributed by atoms with Crippen molar-refractivity contribution in [2.75, 3.05) is 27.8 Å². The highest BCUT2D eigenvalue weighted by molar-refractivity contribution is 7.09. The molecule has 2 heterocycles. The van der Waals surface area contributed by atoms with Gasteiger partial charge in [0.1, 0.15) is 5.78 Å². The van der Waals surface area contributed by atoms with Crippen molar-refractivity contribution in [2.24, 2.45) is 23.5 Å². The van der Waals surface area contributed by atoms with E-state index in [4.69, 9.17) is 15.2 Å². The second-order valence-corrected chi connectivity index (χ2v) is 17.0. The Labute approximate surface area is 321 Å². The van der Waals surface area contributed by atoms with Crippen LogP contribution in [-0.2, 0) is 35.1 Å². The first-order valence-corrected chi connectivity index (χ1v) is 19.9. The molecule has 0 radical (unpaired) electrons. The highest BCUT2D eigenvalue weighted by Crippen LogP contribution is 2.34. The molecule has 1 fully saturated rings. The molecule has 1 aliphatic heterocycles. The first-order chi connectivity index (χ1) is 24.8. The van der Waals surface area contributed by atoms with Crippen molar-refractivity contribution < 1.29 is 33.8 Å². The Balaban J connectivity index is 1.80. The van der Waals surface area contributed by atoms with Crippen LogP contribution in [-0.4, -0.2) is 107 Å². The van der Waals surface area contributed by atoms with Gasteiger partial charge in [-0.3, -0.25) is 19.2 Å². The highest BCUT2D eigenvalue weighted by Gasteiger charge is 2.45. The summed E-state index contributed by atoms with van der Waals surface area (Å²) in [5.41, 5.74) is 4.53. The smallest absolute Gasteiger partial charge is 0.229 e. The minimum absolute atomic E-state index is 0.00350. The molecule has 1 aromatic heterocycles. The highest BCUT2D eigenvalue weighted by atomic mass is 32.1. The number of likely N-dealkylation sites (tertiary alicyclic amines) is 1. The first kappa shape index (κ1) is 44.4. The number of ketones is 2. The van der Waals surface area contributed by atoms with E-state index in [2.05, 4.69) is 17.1 Å². The molecule has 53 heavy (non-hydrogen) atoms. The van der Waals surface area contributed by atoms with Crippen molar-refractivity contribution in [3.8, 4) is 0 Å². The number of Topliss-reactive ketones (excluding diaryl/α,β-unsaturated/α-hetero) is 2. The zero-order chi connectivity index (χ0) is 39.7. The molecule has 1 aromatic carbocycles. The number of nitrogens with zero attached hydrogens (tertiary/aromatic N) is 3. The van der Waals surface area contributed by atoms with Crippen molar-refractivity contribution in [2.45, 2.75) is 135 Å². The molecule has 1 saturated heterocycles. The molecule has 0 spiro atoms. The van der Waals surface area contributed by atoms with E-state index in [0.717, 1.165) is 17.0 Å². The molecule has 12 heteroatoms. The number of hydrogen-bond donors (Lipinski definition) is 2. The molecule has 0 aliphatic carbocycles. The molecule has 0 saturated carbocycles. The Kier molecular flexibility index (Phi) is 16.3. The van der Waals surface area contributed by atoms with Crippen LogP contribution >= 0.6 is 11.3 Å². The predicted octanol–water partition coefficient (Wildman–Crippen LogP) is 5.43. The van der Waals surface area contributed by atoms with Gasteiger partial charge in [0, 0.05) is 64.1 Å². The second-order valence-electron chi connectivity index (χ2n) is 16.1. The van der Waals surface area contributed by atoms with Crippen molar-refractivity contribution in [3.05, 3.63) is 52.5 Å². The number of rotatable bonds is 21. The Morgan fingerprint density at radius 1 is 1.06 bits per heavy atom. The predicted molar refractivity (Wildman–Crippen MR) is 208 cm³/mol. The molecule has 2 aromatic rings. The lowest BCUT2D eigenvalue weighted by Crippen LogP contribution is -2.56. The molecule has 11 nitrogen and oxygen atoms in total. The van der Waals surface area contributed by atoms with Crippen LogP contribution in [0.1, 0.15) is 103 Å². The summed E-state index contributed by atoms with van der Waals surface area (Å²) in [4.78, 5) is 63.2. The first-order valence-electron chi connectivity index (χ1n) is 19.0. The zero-order valence-corrected chi connectivity index (χ0v) is 34.4. The minimum atomic E-state index is -1.50. The number of benzene rings is 1. The largest absolute Gasteiger partial charge is 0.390 e. The summed E-state index contributed by atoms with van der Waals surface area (Å²) < 4.78 is 12.0. The van der Waals surface area contributed by atoms with Crippen LogP contribution in [0.15, 0.2) is 41.9 Å². The van der Waals surface area contributed by atoms with Crippen LogP contribution in [0.2, 0.25) is 0 Å². The monoisotopic (exact) mass is 756 g/mol. The van der Waals surface area contributed by atoms with Gasteiger partial charge in [-0.05, 0) is 58.4 Å². The summed E-state index contributed by atoms with van der Waals surface area (Å²) in [6, 6.07) is 9.28. The summed E-state index contributed by atoms with van der Waals surface area (Å²) in [7, 11) is 4.79. The van der Waals surface area contributed by atoms with E-state index in [1.807, 2.05) is 49.3 Å². The fourth-order valence-electron chi connectivity index (χ4n) is 7.68. The number of methoxy groups -OCH3 is 2. The summed E-state index contributed by atoms with van der Waals surface area (Å²) in [5.74, 6) is -2.48. The van der Waals surface area contributed by atoms with E-state index < -0.39 is 47.1 Å². The van der Waals surface area contributed by atoms with Crippen LogP contribution in [0.5, 0.6) is 0 Å².